The summed E-state index contributed by atoms with van der Waals surface area (Å²) < 4.78 is 40.4. The third-order valence-electron chi connectivity index (χ3n) is 3.06. The van der Waals surface area contributed by atoms with Crippen LogP contribution in [0.25, 0.3) is 11.4 Å². The summed E-state index contributed by atoms with van der Waals surface area (Å²) in [7, 11) is 0. The number of hydrogen-bond acceptors (Lipinski definition) is 8. The van der Waals surface area contributed by atoms with Crippen LogP contribution in [0.2, 0.25) is 0 Å². The molecule has 0 aliphatic rings. The van der Waals surface area contributed by atoms with Gasteiger partial charge >= 0.3 is 6.36 Å². The topological polar surface area (TPSA) is 111 Å². The number of ether oxygens (including phenoxy) is 1. The van der Waals surface area contributed by atoms with Crippen LogP contribution in [0.1, 0.15) is 0 Å². The highest BCUT2D eigenvalue weighted by Gasteiger charge is 2.30. The monoisotopic (exact) mass is 367 g/mol. The van der Waals surface area contributed by atoms with E-state index in [1.54, 1.807) is 0 Å². The van der Waals surface area contributed by atoms with Crippen molar-refractivity contribution in [3.8, 4) is 17.1 Å². The number of aromatic nitrogens is 6. The van der Waals surface area contributed by atoms with Crippen molar-refractivity contribution < 1.29 is 23.0 Å². The van der Waals surface area contributed by atoms with Crippen LogP contribution >= 0.6 is 0 Å². The molecule has 26 heavy (non-hydrogen) atoms. The van der Waals surface area contributed by atoms with Gasteiger partial charge in [-0.2, -0.15) is 4.80 Å². The fourth-order valence-electron chi connectivity index (χ4n) is 2.00. The van der Waals surface area contributed by atoms with Crippen molar-refractivity contribution in [2.75, 3.05) is 11.9 Å². The van der Waals surface area contributed by atoms with Crippen LogP contribution in [-0.4, -0.2) is 48.3 Å². The molecule has 2 aromatic heterocycles. The Labute approximate surface area is 144 Å². The lowest BCUT2D eigenvalue weighted by Crippen LogP contribution is -2.16. The van der Waals surface area contributed by atoms with Crippen LogP contribution in [0.5, 0.6) is 5.75 Å². The molecular weight excluding hydrogens is 355 g/mol. The first kappa shape index (κ1) is 17.5. The molecule has 0 saturated carbocycles. The minimum Gasteiger partial charge on any atom is -0.406 e. The zero-order valence-corrected chi connectivity index (χ0v) is 13.1. The van der Waals surface area contributed by atoms with Gasteiger partial charge in [0.25, 0.3) is 0 Å². The Morgan fingerprint density at radius 2 is 1.96 bits per heavy atom. The molecule has 0 bridgehead atoms. The molecule has 3 aromatic rings. The van der Waals surface area contributed by atoms with Gasteiger partial charge in [0.2, 0.25) is 5.82 Å². The zero-order chi connectivity index (χ0) is 18.6. The smallest absolute Gasteiger partial charge is 0.406 e. The molecule has 136 valence electrons. The van der Waals surface area contributed by atoms with Crippen molar-refractivity contribution in [3.05, 3.63) is 36.8 Å². The Bertz CT molecular complexity index is 867. The molecule has 0 amide bonds. The standard InChI is InChI=1S/C14H12F3N7O2/c15-14(16,17)26-10-3-1-9(2-4-10)20-12-11(7-18-8-19-12)13-21-23-24(22-13)5-6-25/h1-4,7-8,25H,5-6H2,(H,18,19,20). The second-order valence-corrected chi connectivity index (χ2v) is 4.91. The van der Waals surface area contributed by atoms with Gasteiger partial charge in [-0.25, -0.2) is 9.97 Å². The van der Waals surface area contributed by atoms with Crippen molar-refractivity contribution >= 4 is 11.5 Å². The Morgan fingerprint density at radius 1 is 1.19 bits per heavy atom. The van der Waals surface area contributed by atoms with Gasteiger partial charge in [0, 0.05) is 11.9 Å². The molecule has 0 aliphatic carbocycles. The first-order chi connectivity index (χ1) is 12.4. The number of tetrazole rings is 1. The van der Waals surface area contributed by atoms with Gasteiger partial charge in [-0.05, 0) is 29.5 Å². The molecule has 0 atom stereocenters. The molecule has 12 heteroatoms. The molecule has 0 unspecified atom stereocenters. The molecule has 0 saturated heterocycles. The van der Waals surface area contributed by atoms with Crippen LogP contribution < -0.4 is 10.1 Å². The van der Waals surface area contributed by atoms with E-state index in [0.29, 0.717) is 17.1 Å². The summed E-state index contributed by atoms with van der Waals surface area (Å²) in [5.74, 6) is 0.242. The maximum Gasteiger partial charge on any atom is 0.573 e. The number of halogens is 3. The molecule has 2 N–H and O–H groups in total. The van der Waals surface area contributed by atoms with Crippen molar-refractivity contribution in [2.45, 2.75) is 12.9 Å². The van der Waals surface area contributed by atoms with Crippen LogP contribution in [0.3, 0.4) is 0 Å². The number of rotatable bonds is 6. The summed E-state index contributed by atoms with van der Waals surface area (Å²) in [6, 6.07) is 5.16. The van der Waals surface area contributed by atoms with Crippen molar-refractivity contribution in [1.29, 1.82) is 0 Å². The quantitative estimate of drug-likeness (QED) is 0.678. The summed E-state index contributed by atoms with van der Waals surface area (Å²) in [4.78, 5) is 9.22. The van der Waals surface area contributed by atoms with E-state index in [2.05, 4.69) is 35.4 Å². The normalized spacial score (nSPS) is 11.4. The third kappa shape index (κ3) is 4.42. The van der Waals surface area contributed by atoms with E-state index in [0.717, 1.165) is 0 Å². The predicted molar refractivity (Wildman–Crippen MR) is 82.3 cm³/mol. The second kappa shape index (κ2) is 7.31. The number of nitrogens with one attached hydrogen (secondary N) is 1. The summed E-state index contributed by atoms with van der Waals surface area (Å²) in [5.41, 5.74) is 0.912. The fraction of sp³-hybridized carbons (Fsp3) is 0.214. The number of benzene rings is 1. The number of hydrogen-bond donors (Lipinski definition) is 2. The predicted octanol–water partition coefficient (Wildman–Crippen LogP) is 1.76. The molecular formula is C14H12F3N7O2. The van der Waals surface area contributed by atoms with Gasteiger partial charge in [-0.3, -0.25) is 0 Å². The van der Waals surface area contributed by atoms with Crippen molar-refractivity contribution in [1.82, 2.24) is 30.2 Å². The SMILES string of the molecule is OCCn1nnc(-c2cncnc2Nc2ccc(OC(F)(F)F)cc2)n1. The third-order valence-corrected chi connectivity index (χ3v) is 3.06. The lowest BCUT2D eigenvalue weighted by atomic mass is 10.2. The molecule has 3 rings (SSSR count). The van der Waals surface area contributed by atoms with Crippen LogP contribution in [0.15, 0.2) is 36.8 Å². The van der Waals surface area contributed by atoms with Gasteiger partial charge in [0.1, 0.15) is 17.9 Å². The first-order valence-electron chi connectivity index (χ1n) is 7.26. The van der Waals surface area contributed by atoms with Gasteiger partial charge in [0.15, 0.2) is 0 Å². The Kier molecular flexibility index (Phi) is 4.93. The molecule has 0 spiro atoms. The molecule has 0 fully saturated rings. The van der Waals surface area contributed by atoms with Crippen molar-refractivity contribution in [3.63, 3.8) is 0 Å². The minimum atomic E-state index is -4.75. The highest BCUT2D eigenvalue weighted by Crippen LogP contribution is 2.27. The summed E-state index contributed by atoms with van der Waals surface area (Å²) in [6.07, 6.45) is -1.98. The highest BCUT2D eigenvalue weighted by molar-refractivity contribution is 5.73. The number of nitrogens with zero attached hydrogens (tertiary/aromatic N) is 6. The molecule has 2 heterocycles. The lowest BCUT2D eigenvalue weighted by Gasteiger charge is -2.11. The van der Waals surface area contributed by atoms with E-state index in [-0.39, 0.29) is 24.7 Å². The van der Waals surface area contributed by atoms with Gasteiger partial charge in [0.05, 0.1) is 18.7 Å². The lowest BCUT2D eigenvalue weighted by molar-refractivity contribution is -0.274. The minimum absolute atomic E-state index is 0.140. The average molecular weight is 367 g/mol. The zero-order valence-electron chi connectivity index (χ0n) is 13.1. The molecule has 1 aromatic carbocycles. The maximum absolute atomic E-state index is 12.2. The summed E-state index contributed by atoms with van der Waals surface area (Å²) >= 11 is 0. The Morgan fingerprint density at radius 3 is 2.65 bits per heavy atom. The maximum atomic E-state index is 12.2. The van der Waals surface area contributed by atoms with Crippen molar-refractivity contribution in [2.24, 2.45) is 0 Å². The number of anilines is 2. The van der Waals surface area contributed by atoms with E-state index < -0.39 is 6.36 Å². The van der Waals surface area contributed by atoms with E-state index in [1.165, 1.54) is 41.6 Å². The van der Waals surface area contributed by atoms with E-state index in [9.17, 15) is 13.2 Å². The molecule has 0 radical (unpaired) electrons. The highest BCUT2D eigenvalue weighted by atomic mass is 19.4. The van der Waals surface area contributed by atoms with E-state index in [4.69, 9.17) is 5.11 Å². The number of aliphatic hydroxyl groups is 1. The van der Waals surface area contributed by atoms with Crippen LogP contribution in [0.4, 0.5) is 24.7 Å². The summed E-state index contributed by atoms with van der Waals surface area (Å²) in [5, 5.41) is 23.6. The Hall–Kier alpha value is -3.28. The Balaban J connectivity index is 1.80. The van der Waals surface area contributed by atoms with E-state index in [1.807, 2.05) is 0 Å². The molecule has 9 nitrogen and oxygen atoms in total. The summed E-state index contributed by atoms with van der Waals surface area (Å²) in [6.45, 7) is 0.0443. The van der Waals surface area contributed by atoms with Gasteiger partial charge < -0.3 is 15.2 Å². The molecule has 0 aliphatic heterocycles. The number of alkyl halides is 3. The van der Waals surface area contributed by atoms with Gasteiger partial charge in [-0.1, -0.05) is 0 Å². The van der Waals surface area contributed by atoms with E-state index >= 15 is 0 Å². The largest absolute Gasteiger partial charge is 0.573 e. The van der Waals surface area contributed by atoms with Gasteiger partial charge in [-0.15, -0.1) is 23.4 Å². The fourth-order valence-corrected chi connectivity index (χ4v) is 2.00. The second-order valence-electron chi connectivity index (χ2n) is 4.91. The van der Waals surface area contributed by atoms with Crippen LogP contribution in [-0.2, 0) is 6.54 Å². The number of aliphatic hydroxyl groups excluding tert-OH is 1. The first-order valence-corrected chi connectivity index (χ1v) is 7.26. The van der Waals surface area contributed by atoms with Crippen LogP contribution in [0, 0.1) is 0 Å². The average Bonchev–Trinajstić information content (AvgIpc) is 3.05.